The Bertz CT molecular complexity index is 1440. The number of alkyl halides is 2. The van der Waals surface area contributed by atoms with E-state index < -0.39 is 42.0 Å². The monoisotopic (exact) mass is 617 g/mol. The number of ether oxygens (including phenoxy) is 3. The molecule has 14 heteroatoms. The van der Waals surface area contributed by atoms with E-state index in [1.54, 1.807) is 0 Å². The van der Waals surface area contributed by atoms with Crippen LogP contribution in [-0.4, -0.2) is 42.8 Å². The molecule has 3 amide bonds. The Morgan fingerprint density at radius 1 is 0.841 bits per heavy atom. The van der Waals surface area contributed by atoms with Crippen LogP contribution in [-0.2, 0) is 30.6 Å². The number of hydroxylamine groups is 2. The second-order valence-electron chi connectivity index (χ2n) is 10.1. The van der Waals surface area contributed by atoms with E-state index in [0.717, 1.165) is 23.8 Å². The molecule has 0 aromatic heterocycles. The van der Waals surface area contributed by atoms with Crippen LogP contribution in [0.25, 0.3) is 0 Å². The smallest absolute Gasteiger partial charge is 0.395 e. The van der Waals surface area contributed by atoms with Gasteiger partial charge >= 0.3 is 6.29 Å². The van der Waals surface area contributed by atoms with Gasteiger partial charge in [-0.2, -0.15) is 0 Å². The minimum atomic E-state index is -3.82. The number of amides is 3. The molecule has 0 bridgehead atoms. The average Bonchev–Trinajstić information content (AvgIpc) is 3.30. The summed E-state index contributed by atoms with van der Waals surface area (Å²) >= 11 is 0. The van der Waals surface area contributed by atoms with Gasteiger partial charge in [-0.1, -0.05) is 44.2 Å². The Morgan fingerprint density at radius 3 is 2.23 bits per heavy atom. The van der Waals surface area contributed by atoms with E-state index in [4.69, 9.17) is 14.4 Å². The second kappa shape index (κ2) is 14.7. The van der Waals surface area contributed by atoms with Gasteiger partial charge in [0, 0.05) is 17.3 Å². The van der Waals surface area contributed by atoms with Crippen LogP contribution in [0.15, 0.2) is 72.8 Å². The molecule has 0 radical (unpaired) electrons. The van der Waals surface area contributed by atoms with E-state index in [0.29, 0.717) is 0 Å². The molecule has 1 aliphatic heterocycles. The normalized spacial score (nSPS) is 14.5. The van der Waals surface area contributed by atoms with Crippen LogP contribution in [0.2, 0.25) is 0 Å². The van der Waals surface area contributed by atoms with Gasteiger partial charge in [0.15, 0.2) is 23.7 Å². The van der Waals surface area contributed by atoms with E-state index in [2.05, 4.69) is 25.8 Å². The van der Waals surface area contributed by atoms with E-state index in [1.807, 2.05) is 44.2 Å². The number of carbonyl (C=O) groups excluding carboxylic acids is 3. The molecule has 0 saturated heterocycles. The lowest BCUT2D eigenvalue weighted by molar-refractivity contribution is -0.286. The van der Waals surface area contributed by atoms with Gasteiger partial charge < -0.3 is 19.5 Å². The summed E-state index contributed by atoms with van der Waals surface area (Å²) in [7, 11) is 0. The van der Waals surface area contributed by atoms with E-state index >= 15 is 0 Å². The number of fused-ring (bicyclic) bond motifs is 1. The van der Waals surface area contributed by atoms with Crippen molar-refractivity contribution in [2.24, 2.45) is 5.92 Å². The highest BCUT2D eigenvalue weighted by molar-refractivity contribution is 5.95. The summed E-state index contributed by atoms with van der Waals surface area (Å²) in [5, 5.41) is 2.54. The number of nitrogens with one attached hydrogen (secondary N) is 3. The number of carbonyl (C=O) groups is 3. The Kier molecular flexibility index (Phi) is 10.8. The Morgan fingerprint density at radius 2 is 1.52 bits per heavy atom. The van der Waals surface area contributed by atoms with Gasteiger partial charge in [-0.15, -0.1) is 8.78 Å². The molecule has 0 saturated carbocycles. The molecular weight excluding hydrogens is 587 g/mol. The summed E-state index contributed by atoms with van der Waals surface area (Å²) in [4.78, 5) is 49.3. The standard InChI is InChI=1S/C30H30F3N3O8/c1-18(2)14-25(28(38)34-22-12-13-23-24(15-22)42-30(32,33)41-23)43-36-29(39)26(17-40-16-19-6-4-3-5-7-19)44-35-27(37)20-8-10-21(31)11-9-20/h3-13,15,18,25-26H,14,16-17H2,1-2H3,(H,34,38)(H,35,37)(H,36,39)/t25-,26+/m0/s1. The van der Waals surface area contributed by atoms with Crippen molar-refractivity contribution >= 4 is 23.4 Å². The zero-order valence-electron chi connectivity index (χ0n) is 23.7. The van der Waals surface area contributed by atoms with Crippen molar-refractivity contribution in [3.8, 4) is 11.5 Å². The first-order valence-corrected chi connectivity index (χ1v) is 13.5. The number of anilines is 1. The molecule has 3 aromatic rings. The molecule has 2 atom stereocenters. The first kappa shape index (κ1) is 32.3. The van der Waals surface area contributed by atoms with Crippen molar-refractivity contribution in [2.45, 2.75) is 45.4 Å². The summed E-state index contributed by atoms with van der Waals surface area (Å²) in [6, 6.07) is 17.5. The Balaban J connectivity index is 1.38. The van der Waals surface area contributed by atoms with Crippen LogP contribution >= 0.6 is 0 Å². The minimum Gasteiger partial charge on any atom is -0.395 e. The van der Waals surface area contributed by atoms with Gasteiger partial charge in [-0.25, -0.2) is 15.4 Å². The third kappa shape index (κ3) is 9.42. The molecule has 0 unspecified atom stereocenters. The van der Waals surface area contributed by atoms with E-state index in [-0.39, 0.29) is 48.3 Å². The predicted octanol–water partition coefficient (Wildman–Crippen LogP) is 4.50. The molecular formula is C30H30F3N3O8. The summed E-state index contributed by atoms with van der Waals surface area (Å²) in [5.74, 6) is -3.37. The lowest BCUT2D eigenvalue weighted by Crippen LogP contribution is -2.46. The molecule has 11 nitrogen and oxygen atoms in total. The molecule has 4 rings (SSSR count). The van der Waals surface area contributed by atoms with Crippen LogP contribution in [0.3, 0.4) is 0 Å². The third-order valence-electron chi connectivity index (χ3n) is 6.02. The fourth-order valence-corrected chi connectivity index (χ4v) is 3.89. The molecule has 44 heavy (non-hydrogen) atoms. The predicted molar refractivity (Wildman–Crippen MR) is 149 cm³/mol. The third-order valence-corrected chi connectivity index (χ3v) is 6.02. The molecule has 0 aliphatic carbocycles. The van der Waals surface area contributed by atoms with Crippen LogP contribution in [0.5, 0.6) is 11.5 Å². The fraction of sp³-hybridized carbons (Fsp3) is 0.300. The van der Waals surface area contributed by atoms with Gasteiger partial charge in [0.05, 0.1) is 13.2 Å². The SMILES string of the molecule is CC(C)C[C@H](ONC(=O)[C@@H](COCc1ccccc1)ONC(=O)c1ccc(F)cc1)C(=O)Nc1ccc2c(c1)OC(F)(F)O2. The molecule has 0 fully saturated rings. The molecule has 1 heterocycles. The average molecular weight is 618 g/mol. The largest absolute Gasteiger partial charge is 0.586 e. The highest BCUT2D eigenvalue weighted by atomic mass is 19.3. The maximum Gasteiger partial charge on any atom is 0.586 e. The maximum absolute atomic E-state index is 13.4. The van der Waals surface area contributed by atoms with Crippen LogP contribution < -0.4 is 25.8 Å². The summed E-state index contributed by atoms with van der Waals surface area (Å²) in [6.07, 6.45) is -6.31. The maximum atomic E-state index is 13.4. The summed E-state index contributed by atoms with van der Waals surface area (Å²) in [6.45, 7) is 3.45. The highest BCUT2D eigenvalue weighted by Gasteiger charge is 2.43. The lowest BCUT2D eigenvalue weighted by atomic mass is 10.1. The molecule has 234 valence electrons. The van der Waals surface area contributed by atoms with Gasteiger partial charge in [0.25, 0.3) is 17.7 Å². The van der Waals surface area contributed by atoms with Crippen molar-refractivity contribution < 1.29 is 51.4 Å². The molecule has 0 spiro atoms. The number of rotatable bonds is 14. The first-order chi connectivity index (χ1) is 21.0. The topological polar surface area (TPSA) is 133 Å². The second-order valence-corrected chi connectivity index (χ2v) is 10.1. The number of halogens is 3. The van der Waals surface area contributed by atoms with Crippen LogP contribution in [0.1, 0.15) is 36.2 Å². The van der Waals surface area contributed by atoms with Crippen LogP contribution in [0, 0.1) is 11.7 Å². The van der Waals surface area contributed by atoms with Gasteiger partial charge in [0.2, 0.25) is 0 Å². The van der Waals surface area contributed by atoms with Crippen LogP contribution in [0.4, 0.5) is 18.9 Å². The summed E-state index contributed by atoms with van der Waals surface area (Å²) < 4.78 is 54.3. The van der Waals surface area contributed by atoms with Crippen molar-refractivity contribution in [3.05, 3.63) is 89.7 Å². The lowest BCUT2D eigenvalue weighted by Gasteiger charge is -2.22. The number of hydrogen-bond acceptors (Lipinski definition) is 8. The quantitative estimate of drug-likeness (QED) is 0.226. The minimum absolute atomic E-state index is 0.0608. The van der Waals surface area contributed by atoms with Crippen molar-refractivity contribution in [1.29, 1.82) is 0 Å². The van der Waals surface area contributed by atoms with Crippen molar-refractivity contribution in [1.82, 2.24) is 11.0 Å². The van der Waals surface area contributed by atoms with Crippen molar-refractivity contribution in [2.75, 3.05) is 11.9 Å². The zero-order chi connectivity index (χ0) is 31.7. The number of benzene rings is 3. The van der Waals surface area contributed by atoms with Crippen molar-refractivity contribution in [3.63, 3.8) is 0 Å². The molecule has 1 aliphatic rings. The summed E-state index contributed by atoms with van der Waals surface area (Å²) in [5.41, 5.74) is 5.33. The van der Waals surface area contributed by atoms with Gasteiger partial charge in [0.1, 0.15) is 5.82 Å². The molecule has 3 aromatic carbocycles. The van der Waals surface area contributed by atoms with E-state index in [9.17, 15) is 27.6 Å². The Hall–Kier alpha value is -4.66. The Labute approximate surface area is 250 Å². The number of hydrogen-bond donors (Lipinski definition) is 3. The van der Waals surface area contributed by atoms with E-state index in [1.165, 1.54) is 24.3 Å². The fourth-order valence-electron chi connectivity index (χ4n) is 3.89. The van der Waals surface area contributed by atoms with Gasteiger partial charge in [-0.3, -0.25) is 24.1 Å². The first-order valence-electron chi connectivity index (χ1n) is 13.5. The molecule has 3 N–H and O–H groups in total. The van der Waals surface area contributed by atoms with Gasteiger partial charge in [-0.05, 0) is 54.3 Å². The zero-order valence-corrected chi connectivity index (χ0v) is 23.7. The highest BCUT2D eigenvalue weighted by Crippen LogP contribution is 2.42.